The van der Waals surface area contributed by atoms with Crippen molar-refractivity contribution in [3.05, 3.63) is 57.6 Å². The minimum Gasteiger partial charge on any atom is -0.472 e. The summed E-state index contributed by atoms with van der Waals surface area (Å²) in [5, 5.41) is 16.0. The van der Waals surface area contributed by atoms with Gasteiger partial charge >= 0.3 is 0 Å². The lowest BCUT2D eigenvalue weighted by Gasteiger charge is -2.12. The molecule has 22 heavy (non-hydrogen) atoms. The molecule has 2 rings (SSSR count). The van der Waals surface area contributed by atoms with Crippen LogP contribution < -0.4 is 4.74 Å². The van der Waals surface area contributed by atoms with Crippen LogP contribution in [0.2, 0.25) is 0 Å². The third-order valence-corrected chi connectivity index (χ3v) is 3.07. The molecule has 1 aromatic heterocycles. The maximum absolute atomic E-state index is 11.9. The molecule has 0 radical (unpaired) electrons. The summed E-state index contributed by atoms with van der Waals surface area (Å²) in [6.07, 6.45) is 3.00. The second kappa shape index (κ2) is 7.14. The first kappa shape index (κ1) is 15.4. The first-order valence-electron chi connectivity index (χ1n) is 6.73. The average molecular weight is 301 g/mol. The highest BCUT2D eigenvalue weighted by atomic mass is 16.5. The number of carbonyl (C=O) groups is 1. The molecular formula is C14H15N5O3. The molecule has 1 amide bonds. The topological polar surface area (TPSA) is 113 Å². The van der Waals surface area contributed by atoms with Gasteiger partial charge in [-0.25, -0.2) is 0 Å². The van der Waals surface area contributed by atoms with E-state index in [-0.39, 0.29) is 12.5 Å². The zero-order valence-corrected chi connectivity index (χ0v) is 12.0. The summed E-state index contributed by atoms with van der Waals surface area (Å²) in [4.78, 5) is 15.1. The fourth-order valence-electron chi connectivity index (χ4n) is 2.12. The van der Waals surface area contributed by atoms with E-state index in [1.165, 1.54) is 12.3 Å². The fourth-order valence-corrected chi connectivity index (χ4v) is 2.12. The van der Waals surface area contributed by atoms with E-state index in [9.17, 15) is 4.79 Å². The highest BCUT2D eigenvalue weighted by molar-refractivity contribution is 5.96. The molecule has 0 saturated carbocycles. The molecule has 114 valence electrons. The van der Waals surface area contributed by atoms with E-state index in [0.29, 0.717) is 16.0 Å². The lowest BCUT2D eigenvalue weighted by atomic mass is 9.98. The number of aromatic nitrogens is 2. The molecule has 1 N–H and O–H groups in total. The number of ether oxygens (including phenoxy) is 1. The van der Waals surface area contributed by atoms with Gasteiger partial charge in [-0.05, 0) is 22.6 Å². The molecular weight excluding hydrogens is 286 g/mol. The van der Waals surface area contributed by atoms with Gasteiger partial charge in [-0.3, -0.25) is 4.79 Å². The first-order chi connectivity index (χ1) is 10.7. The summed E-state index contributed by atoms with van der Waals surface area (Å²) in [6, 6.07) is 6.74. The van der Waals surface area contributed by atoms with Gasteiger partial charge in [0.15, 0.2) is 0 Å². The normalized spacial score (nSPS) is 10.0. The van der Waals surface area contributed by atoms with Crippen LogP contribution in [0, 0.1) is 0 Å². The second-order valence-corrected chi connectivity index (χ2v) is 4.55. The Morgan fingerprint density at radius 3 is 2.95 bits per heavy atom. The second-order valence-electron chi connectivity index (χ2n) is 4.55. The lowest BCUT2D eigenvalue weighted by Crippen LogP contribution is -2.08. The zero-order chi connectivity index (χ0) is 15.9. The van der Waals surface area contributed by atoms with Gasteiger partial charge in [-0.2, -0.15) is 0 Å². The molecule has 0 aliphatic rings. The van der Waals surface area contributed by atoms with Crippen molar-refractivity contribution in [3.63, 3.8) is 0 Å². The van der Waals surface area contributed by atoms with Crippen LogP contribution >= 0.6 is 0 Å². The molecule has 8 heteroatoms. The van der Waals surface area contributed by atoms with E-state index in [4.69, 9.17) is 15.5 Å². The highest BCUT2D eigenvalue weighted by Crippen LogP contribution is 2.20. The number of rotatable bonds is 6. The summed E-state index contributed by atoms with van der Waals surface area (Å²) in [5.74, 6) is -0.414. The predicted octanol–water partition coefficient (Wildman–Crippen LogP) is 3.10. The number of benzene rings is 1. The van der Waals surface area contributed by atoms with Crippen molar-refractivity contribution in [2.24, 2.45) is 5.11 Å². The Morgan fingerprint density at radius 2 is 2.32 bits per heavy atom. The van der Waals surface area contributed by atoms with Gasteiger partial charge in [-0.15, -0.1) is 4.85 Å². The largest absolute Gasteiger partial charge is 0.472 e. The number of azide groups is 1. The van der Waals surface area contributed by atoms with Crippen LogP contribution in [0.25, 0.3) is 10.4 Å². The molecule has 1 heterocycles. The maximum Gasteiger partial charge on any atom is 0.249 e. The van der Waals surface area contributed by atoms with Crippen LogP contribution in [0.15, 0.2) is 35.6 Å². The van der Waals surface area contributed by atoms with Crippen molar-refractivity contribution in [1.29, 1.82) is 0 Å². The van der Waals surface area contributed by atoms with Gasteiger partial charge in [0.25, 0.3) is 0 Å². The van der Waals surface area contributed by atoms with Gasteiger partial charge in [-0.1, -0.05) is 36.6 Å². The summed E-state index contributed by atoms with van der Waals surface area (Å²) >= 11 is 0. The van der Waals surface area contributed by atoms with Gasteiger partial charge in [0.2, 0.25) is 11.8 Å². The third-order valence-electron chi connectivity index (χ3n) is 3.07. The van der Waals surface area contributed by atoms with E-state index in [1.807, 2.05) is 13.0 Å². The maximum atomic E-state index is 11.9. The molecule has 0 unspecified atom stereocenters. The van der Waals surface area contributed by atoms with Crippen molar-refractivity contribution in [2.45, 2.75) is 26.4 Å². The summed E-state index contributed by atoms with van der Waals surface area (Å²) < 4.78 is 5.49. The molecule has 0 saturated heterocycles. The van der Waals surface area contributed by atoms with Crippen LogP contribution in [0.4, 0.5) is 0 Å². The number of nitrogens with zero attached hydrogens (tertiary/aromatic N) is 5. The van der Waals surface area contributed by atoms with Crippen LogP contribution in [0.3, 0.4) is 0 Å². The van der Waals surface area contributed by atoms with Crippen LogP contribution in [0.5, 0.6) is 5.88 Å². The van der Waals surface area contributed by atoms with Crippen molar-refractivity contribution in [3.8, 4) is 5.88 Å². The molecule has 2 aromatic rings. The number of aryl methyl sites for hydroxylation is 1. The van der Waals surface area contributed by atoms with Crippen molar-refractivity contribution >= 4 is 5.91 Å². The average Bonchev–Trinajstić information content (AvgIpc) is 2.92. The summed E-state index contributed by atoms with van der Waals surface area (Å²) in [7, 11) is 0. The SMILES string of the molecule is CCCc1cccc(C(=O)N=[N+]=[N-])c1COc1ccn(O)n1. The molecule has 0 fully saturated rings. The zero-order valence-electron chi connectivity index (χ0n) is 12.0. The highest BCUT2D eigenvalue weighted by Gasteiger charge is 2.14. The minimum absolute atomic E-state index is 0.0925. The van der Waals surface area contributed by atoms with E-state index in [1.54, 1.807) is 12.1 Å². The van der Waals surface area contributed by atoms with E-state index in [2.05, 4.69) is 15.1 Å². The smallest absolute Gasteiger partial charge is 0.249 e. The first-order valence-corrected chi connectivity index (χ1v) is 6.73. The van der Waals surface area contributed by atoms with E-state index >= 15 is 0 Å². The summed E-state index contributed by atoms with van der Waals surface area (Å²) in [6.45, 7) is 2.12. The molecule has 0 aliphatic carbocycles. The number of amides is 1. The molecule has 0 atom stereocenters. The van der Waals surface area contributed by atoms with Gasteiger partial charge in [0, 0.05) is 22.1 Å². The van der Waals surface area contributed by atoms with E-state index < -0.39 is 5.91 Å². The quantitative estimate of drug-likeness (QED) is 0.382. The molecule has 0 aliphatic heterocycles. The van der Waals surface area contributed by atoms with E-state index in [0.717, 1.165) is 18.4 Å². The Hall–Kier alpha value is -2.99. The number of hydrogen-bond acceptors (Lipinski definition) is 4. The number of hydrogen-bond donors (Lipinski definition) is 1. The number of carbonyl (C=O) groups excluding carboxylic acids is 1. The Morgan fingerprint density at radius 1 is 1.50 bits per heavy atom. The van der Waals surface area contributed by atoms with Crippen LogP contribution in [-0.2, 0) is 13.0 Å². The van der Waals surface area contributed by atoms with Crippen molar-refractivity contribution in [1.82, 2.24) is 9.94 Å². The Kier molecular flexibility index (Phi) is 5.00. The Labute approximate surface area is 126 Å². The van der Waals surface area contributed by atoms with Gasteiger partial charge < -0.3 is 9.94 Å². The predicted molar refractivity (Wildman–Crippen MR) is 77.7 cm³/mol. The van der Waals surface area contributed by atoms with Crippen molar-refractivity contribution < 1.29 is 14.7 Å². The molecule has 0 bridgehead atoms. The minimum atomic E-state index is -0.647. The van der Waals surface area contributed by atoms with Crippen molar-refractivity contribution in [2.75, 3.05) is 0 Å². The Balaban J connectivity index is 2.32. The molecule has 8 nitrogen and oxygen atoms in total. The van der Waals surface area contributed by atoms with Gasteiger partial charge in [0.1, 0.15) is 6.61 Å². The monoisotopic (exact) mass is 301 g/mol. The lowest BCUT2D eigenvalue weighted by molar-refractivity contribution is 0.0997. The summed E-state index contributed by atoms with van der Waals surface area (Å²) in [5.41, 5.74) is 10.4. The third kappa shape index (κ3) is 3.56. The fraction of sp³-hybridized carbons (Fsp3) is 0.286. The van der Waals surface area contributed by atoms with Crippen LogP contribution in [-0.4, -0.2) is 21.1 Å². The Bertz CT molecular complexity index is 719. The molecule has 0 spiro atoms. The van der Waals surface area contributed by atoms with Crippen LogP contribution in [0.1, 0.15) is 34.8 Å². The van der Waals surface area contributed by atoms with Gasteiger partial charge in [0.05, 0.1) is 6.20 Å². The standard InChI is InChI=1S/C14H15N5O3/c1-2-4-10-5-3-6-11(14(20)16-18-15)12(10)9-22-13-7-8-19(21)17-13/h3,5-8,21H,2,4,9H2,1H3. The molecule has 1 aromatic carbocycles.